The van der Waals surface area contributed by atoms with E-state index in [1.807, 2.05) is 0 Å². The molecule has 9 nitrogen and oxygen atoms in total. The molecule has 0 bridgehead atoms. The van der Waals surface area contributed by atoms with Crippen LogP contribution in [-0.4, -0.2) is 54.4 Å². The quantitative estimate of drug-likeness (QED) is 0.335. The summed E-state index contributed by atoms with van der Waals surface area (Å²) in [5.74, 6) is 0.112. The van der Waals surface area contributed by atoms with Gasteiger partial charge in [0.2, 0.25) is 5.91 Å². The van der Waals surface area contributed by atoms with Gasteiger partial charge in [0.15, 0.2) is 0 Å². The summed E-state index contributed by atoms with van der Waals surface area (Å²) in [6.45, 7) is -1.54. The second-order valence-corrected chi connectivity index (χ2v) is 7.97. The van der Waals surface area contributed by atoms with Crippen LogP contribution in [0.5, 0.6) is 17.2 Å². The Morgan fingerprint density at radius 1 is 1.03 bits per heavy atom. The van der Waals surface area contributed by atoms with Crippen LogP contribution in [0.4, 0.5) is 13.6 Å². The normalized spacial score (nSPS) is 10.9. The first-order valence-corrected chi connectivity index (χ1v) is 11.4. The van der Waals surface area contributed by atoms with E-state index < -0.39 is 25.3 Å². The van der Waals surface area contributed by atoms with E-state index in [2.05, 4.69) is 15.6 Å². The van der Waals surface area contributed by atoms with Gasteiger partial charge in [-0.1, -0.05) is 0 Å². The van der Waals surface area contributed by atoms with Gasteiger partial charge in [0.25, 0.3) is 5.91 Å². The van der Waals surface area contributed by atoms with Crippen molar-refractivity contribution in [3.05, 3.63) is 60.4 Å². The Kier molecular flexibility index (Phi) is 7.92. The van der Waals surface area contributed by atoms with E-state index in [0.717, 1.165) is 5.39 Å². The van der Waals surface area contributed by atoms with E-state index in [1.54, 1.807) is 48.8 Å². The highest BCUT2D eigenvalue weighted by Gasteiger charge is 2.19. The van der Waals surface area contributed by atoms with Crippen molar-refractivity contribution in [2.24, 2.45) is 0 Å². The van der Waals surface area contributed by atoms with Crippen LogP contribution >= 0.6 is 0 Å². The van der Waals surface area contributed by atoms with Gasteiger partial charge in [0, 0.05) is 42.2 Å². The molecule has 11 heteroatoms. The number of amides is 3. The number of rotatable bonds is 9. The van der Waals surface area contributed by atoms with Gasteiger partial charge >= 0.3 is 6.03 Å². The highest BCUT2D eigenvalue weighted by molar-refractivity contribution is 6.08. The summed E-state index contributed by atoms with van der Waals surface area (Å²) >= 11 is 0. The first-order chi connectivity index (χ1) is 17.9. The number of nitrogens with zero attached hydrogens (tertiary/aromatic N) is 2. The molecule has 2 aromatic heterocycles. The van der Waals surface area contributed by atoms with Crippen LogP contribution < -0.4 is 20.1 Å². The summed E-state index contributed by atoms with van der Waals surface area (Å²) in [4.78, 5) is 41.2. The molecule has 2 N–H and O–H groups in total. The van der Waals surface area contributed by atoms with Gasteiger partial charge in [0.05, 0.1) is 30.4 Å². The molecule has 0 saturated heterocycles. The molecule has 0 aliphatic carbocycles. The van der Waals surface area contributed by atoms with Gasteiger partial charge in [-0.3, -0.25) is 28.8 Å². The molecule has 0 aliphatic heterocycles. The van der Waals surface area contributed by atoms with Gasteiger partial charge in [0.1, 0.15) is 23.9 Å². The Morgan fingerprint density at radius 2 is 1.86 bits per heavy atom. The topological polar surface area (TPSA) is 112 Å². The smallest absolute Gasteiger partial charge is 0.321 e. The minimum atomic E-state index is -0.837. The second-order valence-electron chi connectivity index (χ2n) is 7.97. The zero-order chi connectivity index (χ0) is 26.4. The number of nitrogens with one attached hydrogen (secondary N) is 2. The van der Waals surface area contributed by atoms with E-state index in [-0.39, 0.29) is 36.6 Å². The number of benzene rings is 2. The van der Waals surface area contributed by atoms with Gasteiger partial charge in [-0.25, -0.2) is 9.18 Å². The summed E-state index contributed by atoms with van der Waals surface area (Å²) < 4.78 is 37.6. The third-order valence-electron chi connectivity index (χ3n) is 5.56. The monoisotopic (exact) mass is 510 g/mol. The molecule has 37 heavy (non-hydrogen) atoms. The number of hydrogen-bond donors (Lipinski definition) is 2. The number of carbonyl (C=O) groups is 3. The number of methoxy groups -OCH3 is 1. The van der Waals surface area contributed by atoms with Crippen molar-refractivity contribution in [3.8, 4) is 17.2 Å². The van der Waals surface area contributed by atoms with Gasteiger partial charge in [-0.15, -0.1) is 0 Å². The van der Waals surface area contributed by atoms with Crippen molar-refractivity contribution in [3.63, 3.8) is 0 Å². The van der Waals surface area contributed by atoms with Crippen LogP contribution in [0.3, 0.4) is 0 Å². The number of carbonyl (C=O) groups excluding carboxylic acids is 3. The van der Waals surface area contributed by atoms with Crippen LogP contribution in [0.25, 0.3) is 21.8 Å². The maximum absolute atomic E-state index is 12.7. The summed E-state index contributed by atoms with van der Waals surface area (Å²) in [7, 11) is 1.38. The Bertz CT molecular complexity index is 1470. The van der Waals surface area contributed by atoms with Gasteiger partial charge in [-0.05, 0) is 42.8 Å². The van der Waals surface area contributed by atoms with E-state index in [0.29, 0.717) is 27.9 Å². The fourth-order valence-electron chi connectivity index (χ4n) is 3.83. The molecule has 0 radical (unpaired) electrons. The molecular formula is C26H24F2N4O5. The number of pyridine rings is 1. The molecule has 192 valence electrons. The lowest BCUT2D eigenvalue weighted by Gasteiger charge is -2.13. The molecule has 2 aromatic carbocycles. The molecule has 4 aromatic rings. The molecule has 0 fully saturated rings. The highest BCUT2D eigenvalue weighted by atomic mass is 19.1. The van der Waals surface area contributed by atoms with Crippen LogP contribution in [-0.2, 0) is 0 Å². The van der Waals surface area contributed by atoms with Crippen molar-refractivity contribution in [1.82, 2.24) is 20.2 Å². The van der Waals surface area contributed by atoms with Crippen molar-refractivity contribution in [2.75, 3.05) is 27.0 Å². The number of aromatic nitrogens is 2. The first-order valence-electron chi connectivity index (χ1n) is 11.4. The molecule has 0 atom stereocenters. The molecule has 0 aliphatic rings. The summed E-state index contributed by atoms with van der Waals surface area (Å²) in [5, 5.41) is 5.60. The zero-order valence-corrected chi connectivity index (χ0v) is 19.9. The number of halogens is 2. The predicted octanol–water partition coefficient (Wildman–Crippen LogP) is 4.79. The largest absolute Gasteiger partial charge is 0.496 e. The lowest BCUT2D eigenvalue weighted by molar-refractivity contribution is 0.0901. The first kappa shape index (κ1) is 25.5. The molecule has 3 amide bonds. The van der Waals surface area contributed by atoms with Crippen LogP contribution in [0.2, 0.25) is 0 Å². The van der Waals surface area contributed by atoms with Gasteiger partial charge < -0.3 is 14.8 Å². The summed E-state index contributed by atoms with van der Waals surface area (Å²) in [6, 6.07) is 10.8. The molecule has 0 saturated carbocycles. The Balaban J connectivity index is 1.64. The number of alkyl halides is 2. The van der Waals surface area contributed by atoms with Crippen molar-refractivity contribution < 1.29 is 32.6 Å². The van der Waals surface area contributed by atoms with E-state index in [4.69, 9.17) is 9.47 Å². The number of fused-ring (bicyclic) bond motifs is 2. The third-order valence-corrected chi connectivity index (χ3v) is 5.56. The molecule has 4 rings (SSSR count). The number of urea groups is 1. The molecule has 0 spiro atoms. The van der Waals surface area contributed by atoms with Crippen LogP contribution in [0.15, 0.2) is 54.9 Å². The highest BCUT2D eigenvalue weighted by Crippen LogP contribution is 2.34. The molecule has 2 heterocycles. The SMILES string of the molecule is COc1cc2nccc(Oc3ccc4c(ccn4C(=O)CCCF)c3)c2cc1C(=O)NC(=O)NCCF. The second kappa shape index (κ2) is 11.5. The number of hydrogen-bond acceptors (Lipinski definition) is 6. The zero-order valence-electron chi connectivity index (χ0n) is 19.9. The Labute approximate surface area is 210 Å². The summed E-state index contributed by atoms with van der Waals surface area (Å²) in [5.41, 5.74) is 1.21. The Hall–Kier alpha value is -4.54. The minimum absolute atomic E-state index is 0.0579. The average Bonchev–Trinajstić information content (AvgIpc) is 3.33. The fourth-order valence-corrected chi connectivity index (χ4v) is 3.83. The number of imide groups is 1. The predicted molar refractivity (Wildman–Crippen MR) is 133 cm³/mol. The van der Waals surface area contributed by atoms with Crippen LogP contribution in [0, 0.1) is 0 Å². The maximum atomic E-state index is 12.7. The van der Waals surface area contributed by atoms with Crippen molar-refractivity contribution in [2.45, 2.75) is 12.8 Å². The van der Waals surface area contributed by atoms with E-state index in [9.17, 15) is 23.2 Å². The maximum Gasteiger partial charge on any atom is 0.321 e. The third kappa shape index (κ3) is 5.66. The van der Waals surface area contributed by atoms with Gasteiger partial charge in [-0.2, -0.15) is 0 Å². The van der Waals surface area contributed by atoms with Crippen molar-refractivity contribution in [1.29, 1.82) is 0 Å². The minimum Gasteiger partial charge on any atom is -0.496 e. The molecule has 0 unspecified atom stereocenters. The fraction of sp³-hybridized carbons (Fsp3) is 0.231. The average molecular weight is 510 g/mol. The van der Waals surface area contributed by atoms with E-state index >= 15 is 0 Å². The van der Waals surface area contributed by atoms with Crippen LogP contribution in [0.1, 0.15) is 28.0 Å². The standard InChI is InChI=1S/C26H24F2N4O5/c1-36-23-15-20-18(14-19(23)25(34)31-26(35)30-11-9-28)22(6-10-29-20)37-17-4-5-21-16(13-17)7-12-32(21)24(33)3-2-8-27/h4-7,10,12-15H,2-3,8-9,11H2,1H3,(H2,30,31,34,35). The number of ether oxygens (including phenoxy) is 2. The Morgan fingerprint density at radius 3 is 2.62 bits per heavy atom. The lowest BCUT2D eigenvalue weighted by Crippen LogP contribution is -2.40. The summed E-state index contributed by atoms with van der Waals surface area (Å²) in [6.07, 6.45) is 3.46. The lowest BCUT2D eigenvalue weighted by atomic mass is 10.1. The molecular weight excluding hydrogens is 486 g/mol. The van der Waals surface area contributed by atoms with E-state index in [1.165, 1.54) is 17.7 Å². The van der Waals surface area contributed by atoms with Crippen molar-refractivity contribution >= 4 is 39.7 Å².